The molecule has 0 saturated heterocycles. The lowest BCUT2D eigenvalue weighted by atomic mass is 10.0. The van der Waals surface area contributed by atoms with Crippen LogP contribution in [0.15, 0.2) is 12.1 Å². The van der Waals surface area contributed by atoms with E-state index in [1.165, 1.54) is 6.07 Å². The number of alkyl halides is 4. The van der Waals surface area contributed by atoms with Crippen molar-refractivity contribution >= 4 is 44.3 Å². The van der Waals surface area contributed by atoms with Gasteiger partial charge in [0.25, 0.3) is 0 Å². The molecule has 0 unspecified atom stereocenters. The lowest BCUT2D eigenvalue weighted by Crippen LogP contribution is -2.16. The van der Waals surface area contributed by atoms with E-state index < -0.39 is 23.1 Å². The second-order valence-electron chi connectivity index (χ2n) is 3.05. The summed E-state index contributed by atoms with van der Waals surface area (Å²) in [6, 6.07) is 3.58. The minimum atomic E-state index is -4.65. The van der Waals surface area contributed by atoms with Crippen LogP contribution in [0.3, 0.4) is 0 Å². The Bertz CT molecular complexity index is 507. The number of carbonyl (C=O) groups excluding carboxylic acids is 1. The lowest BCUT2D eigenvalue weighted by molar-refractivity contribution is -0.138. The zero-order valence-electron chi connectivity index (χ0n) is 8.11. The summed E-state index contributed by atoms with van der Waals surface area (Å²) in [5.41, 5.74) is -1.58. The number of nitriles is 1. The van der Waals surface area contributed by atoms with Gasteiger partial charge in [-0.15, -0.1) is 0 Å². The number of halogens is 5. The van der Waals surface area contributed by atoms with Crippen LogP contribution >= 0.6 is 38.5 Å². The molecular formula is C10H4BrF3INO. The van der Waals surface area contributed by atoms with Crippen molar-refractivity contribution in [2.75, 3.05) is 5.33 Å². The van der Waals surface area contributed by atoms with Gasteiger partial charge in [0.05, 0.1) is 22.5 Å². The number of nitrogens with zero attached hydrogens (tertiary/aromatic N) is 1. The molecule has 0 amide bonds. The maximum absolute atomic E-state index is 12.8. The Kier molecular flexibility index (Phi) is 4.55. The molecule has 0 saturated carbocycles. The highest BCUT2D eigenvalue weighted by Crippen LogP contribution is 2.35. The quantitative estimate of drug-likeness (QED) is 0.417. The predicted molar refractivity (Wildman–Crippen MR) is 67.0 cm³/mol. The van der Waals surface area contributed by atoms with Crippen LogP contribution in [0, 0.1) is 14.9 Å². The fraction of sp³-hybridized carbons (Fsp3) is 0.200. The molecule has 0 aromatic heterocycles. The summed E-state index contributed by atoms with van der Waals surface area (Å²) in [5, 5.41) is 8.43. The summed E-state index contributed by atoms with van der Waals surface area (Å²) < 4.78 is 38.4. The topological polar surface area (TPSA) is 40.9 Å². The van der Waals surface area contributed by atoms with Crippen LogP contribution in [0.2, 0.25) is 0 Å². The van der Waals surface area contributed by atoms with Crippen molar-refractivity contribution in [3.05, 3.63) is 32.4 Å². The molecule has 7 heteroatoms. The van der Waals surface area contributed by atoms with Gasteiger partial charge in [0.15, 0.2) is 5.78 Å². The lowest BCUT2D eigenvalue weighted by Gasteiger charge is -2.13. The van der Waals surface area contributed by atoms with Crippen LogP contribution in [0.5, 0.6) is 0 Å². The molecule has 0 fully saturated rings. The Balaban J connectivity index is 3.58. The summed E-state index contributed by atoms with van der Waals surface area (Å²) in [6.07, 6.45) is -4.65. The van der Waals surface area contributed by atoms with Gasteiger partial charge >= 0.3 is 6.18 Å². The summed E-state index contributed by atoms with van der Waals surface area (Å²) in [5.74, 6) is -0.661. The first kappa shape index (κ1) is 14.4. The van der Waals surface area contributed by atoms with Crippen LogP contribution in [0.1, 0.15) is 21.5 Å². The normalized spacial score (nSPS) is 11.1. The summed E-state index contributed by atoms with van der Waals surface area (Å²) in [4.78, 5) is 11.5. The van der Waals surface area contributed by atoms with E-state index in [9.17, 15) is 18.0 Å². The molecule has 0 radical (unpaired) electrons. The number of rotatable bonds is 2. The number of hydrogen-bond donors (Lipinski definition) is 0. The van der Waals surface area contributed by atoms with Gasteiger partial charge < -0.3 is 0 Å². The maximum atomic E-state index is 12.8. The molecule has 1 aromatic rings. The molecule has 0 aliphatic heterocycles. The van der Waals surface area contributed by atoms with E-state index in [1.807, 2.05) is 0 Å². The van der Waals surface area contributed by atoms with Crippen molar-refractivity contribution in [2.45, 2.75) is 6.18 Å². The van der Waals surface area contributed by atoms with Gasteiger partial charge in [-0.1, -0.05) is 15.9 Å². The van der Waals surface area contributed by atoms with Crippen molar-refractivity contribution in [1.82, 2.24) is 0 Å². The molecule has 0 atom stereocenters. The summed E-state index contributed by atoms with van der Waals surface area (Å²) in [6.45, 7) is 0. The van der Waals surface area contributed by atoms with Gasteiger partial charge in [0, 0.05) is 9.13 Å². The van der Waals surface area contributed by atoms with Crippen molar-refractivity contribution < 1.29 is 18.0 Å². The Labute approximate surface area is 117 Å². The molecule has 0 N–H and O–H groups in total. The molecule has 1 aromatic carbocycles. The van der Waals surface area contributed by atoms with Gasteiger partial charge in [-0.05, 0) is 34.7 Å². The molecule has 90 valence electrons. The van der Waals surface area contributed by atoms with Crippen molar-refractivity contribution in [2.24, 2.45) is 0 Å². The zero-order valence-corrected chi connectivity index (χ0v) is 11.9. The number of ketones is 1. The van der Waals surface area contributed by atoms with Crippen molar-refractivity contribution in [1.29, 1.82) is 5.26 Å². The van der Waals surface area contributed by atoms with E-state index in [2.05, 4.69) is 15.9 Å². The Morgan fingerprint density at radius 3 is 2.47 bits per heavy atom. The van der Waals surface area contributed by atoms with Gasteiger partial charge in [-0.2, -0.15) is 18.4 Å². The highest BCUT2D eigenvalue weighted by molar-refractivity contribution is 14.1. The fourth-order valence-corrected chi connectivity index (χ4v) is 2.45. The van der Waals surface area contributed by atoms with Gasteiger partial charge in [0.1, 0.15) is 0 Å². The molecule has 0 aliphatic carbocycles. The number of benzene rings is 1. The Morgan fingerprint density at radius 2 is 2.06 bits per heavy atom. The second kappa shape index (κ2) is 5.35. The molecule has 17 heavy (non-hydrogen) atoms. The van der Waals surface area contributed by atoms with Crippen LogP contribution < -0.4 is 0 Å². The molecule has 0 heterocycles. The maximum Gasteiger partial charge on any atom is 0.417 e. The van der Waals surface area contributed by atoms with E-state index >= 15 is 0 Å². The van der Waals surface area contributed by atoms with Crippen LogP contribution in [-0.4, -0.2) is 11.1 Å². The highest BCUT2D eigenvalue weighted by Gasteiger charge is 2.36. The molecule has 0 bridgehead atoms. The number of carbonyl (C=O) groups is 1. The third-order valence-corrected chi connectivity index (χ3v) is 3.29. The van der Waals surface area contributed by atoms with E-state index in [0.717, 1.165) is 0 Å². The SMILES string of the molecule is N#Cc1cc(I)c(C(=O)CBr)c(C(F)(F)F)c1. The van der Waals surface area contributed by atoms with Crippen molar-refractivity contribution in [3.8, 4) is 6.07 Å². The first-order valence-corrected chi connectivity index (χ1v) is 6.41. The molecule has 0 spiro atoms. The third-order valence-electron chi connectivity index (χ3n) is 1.92. The monoisotopic (exact) mass is 417 g/mol. The summed E-state index contributed by atoms with van der Waals surface area (Å²) in [7, 11) is 0. The molecule has 0 aliphatic rings. The fourth-order valence-electron chi connectivity index (χ4n) is 1.25. The number of Topliss-reactive ketones (excluding diaryl/α,β-unsaturated/α-hetero) is 1. The smallest absolute Gasteiger partial charge is 0.293 e. The van der Waals surface area contributed by atoms with Crippen LogP contribution in [0.25, 0.3) is 0 Å². The second-order valence-corrected chi connectivity index (χ2v) is 4.77. The first-order chi connectivity index (χ1) is 7.81. The average molecular weight is 418 g/mol. The van der Waals surface area contributed by atoms with E-state index in [0.29, 0.717) is 6.07 Å². The number of hydrogen-bond acceptors (Lipinski definition) is 2. The van der Waals surface area contributed by atoms with Gasteiger partial charge in [0.2, 0.25) is 0 Å². The highest BCUT2D eigenvalue weighted by atomic mass is 127. The first-order valence-electron chi connectivity index (χ1n) is 4.21. The molecule has 2 nitrogen and oxygen atoms in total. The minimum Gasteiger partial charge on any atom is -0.293 e. The van der Waals surface area contributed by atoms with Gasteiger partial charge in [-0.3, -0.25) is 4.79 Å². The standard InChI is InChI=1S/C10H4BrF3INO/c11-3-8(17)9-6(10(12,13)14)1-5(4-16)2-7(9)15/h1-2H,3H2. The predicted octanol–water partition coefficient (Wildman–Crippen LogP) is 3.76. The average Bonchev–Trinajstić information content (AvgIpc) is 2.25. The van der Waals surface area contributed by atoms with Crippen LogP contribution in [-0.2, 0) is 6.18 Å². The molecule has 1 rings (SSSR count). The van der Waals surface area contributed by atoms with Crippen molar-refractivity contribution in [3.63, 3.8) is 0 Å². The minimum absolute atomic E-state index is 0.118. The Hall–Kier alpha value is -0.620. The van der Waals surface area contributed by atoms with E-state index in [-0.39, 0.29) is 14.5 Å². The largest absolute Gasteiger partial charge is 0.417 e. The molecular weight excluding hydrogens is 414 g/mol. The zero-order chi connectivity index (χ0) is 13.2. The van der Waals surface area contributed by atoms with Crippen LogP contribution in [0.4, 0.5) is 13.2 Å². The van der Waals surface area contributed by atoms with E-state index in [4.69, 9.17) is 5.26 Å². The summed E-state index contributed by atoms with van der Waals surface area (Å²) >= 11 is 4.46. The third kappa shape index (κ3) is 3.19. The Morgan fingerprint density at radius 1 is 1.47 bits per heavy atom. The van der Waals surface area contributed by atoms with E-state index in [1.54, 1.807) is 28.7 Å². The van der Waals surface area contributed by atoms with Gasteiger partial charge in [-0.25, -0.2) is 0 Å².